The summed E-state index contributed by atoms with van der Waals surface area (Å²) in [6.07, 6.45) is 6.88. The first-order valence-corrected chi connectivity index (χ1v) is 8.27. The highest BCUT2D eigenvalue weighted by atomic mass is 15.1. The second-order valence-corrected chi connectivity index (χ2v) is 6.14. The molecule has 2 rings (SSSR count). The standard InChI is InChI=1S/C18H30N2/c1-4-15-6-10-17(11-7-15)20(3)18-12-8-16(9-13-18)14-19-5-2/h8-9,12-13,15,17,19H,4-7,10-11,14H2,1-3H3. The van der Waals surface area contributed by atoms with Crippen molar-refractivity contribution in [2.24, 2.45) is 5.92 Å². The Morgan fingerprint density at radius 1 is 1.05 bits per heavy atom. The molecule has 1 aromatic carbocycles. The molecule has 0 unspecified atom stereocenters. The van der Waals surface area contributed by atoms with Gasteiger partial charge in [-0.25, -0.2) is 0 Å². The molecule has 1 aliphatic rings. The third-order valence-electron chi connectivity index (χ3n) is 4.86. The van der Waals surface area contributed by atoms with Crippen molar-refractivity contribution >= 4 is 5.69 Å². The molecule has 1 aromatic rings. The van der Waals surface area contributed by atoms with Crippen LogP contribution in [0, 0.1) is 5.92 Å². The highest BCUT2D eigenvalue weighted by Gasteiger charge is 2.23. The van der Waals surface area contributed by atoms with Crippen LogP contribution in [0.3, 0.4) is 0 Å². The van der Waals surface area contributed by atoms with Crippen molar-refractivity contribution in [3.8, 4) is 0 Å². The van der Waals surface area contributed by atoms with E-state index in [9.17, 15) is 0 Å². The van der Waals surface area contributed by atoms with Crippen molar-refractivity contribution in [1.29, 1.82) is 0 Å². The van der Waals surface area contributed by atoms with Gasteiger partial charge in [-0.15, -0.1) is 0 Å². The Bertz CT molecular complexity index is 377. The van der Waals surface area contributed by atoms with Crippen LogP contribution < -0.4 is 10.2 Å². The lowest BCUT2D eigenvalue weighted by Gasteiger charge is -2.36. The fraction of sp³-hybridized carbons (Fsp3) is 0.667. The van der Waals surface area contributed by atoms with Crippen LogP contribution in [-0.2, 0) is 6.54 Å². The minimum absolute atomic E-state index is 0.734. The Hall–Kier alpha value is -1.02. The molecule has 0 heterocycles. The van der Waals surface area contributed by atoms with E-state index in [4.69, 9.17) is 0 Å². The second kappa shape index (κ2) is 7.68. The molecular formula is C18H30N2. The van der Waals surface area contributed by atoms with Gasteiger partial charge in [0.05, 0.1) is 0 Å². The number of nitrogens with zero attached hydrogens (tertiary/aromatic N) is 1. The molecule has 0 atom stereocenters. The molecule has 0 amide bonds. The fourth-order valence-corrected chi connectivity index (χ4v) is 3.27. The maximum atomic E-state index is 3.37. The molecule has 0 aromatic heterocycles. The molecule has 1 aliphatic carbocycles. The molecule has 0 bridgehead atoms. The number of rotatable bonds is 6. The van der Waals surface area contributed by atoms with E-state index in [1.54, 1.807) is 0 Å². The van der Waals surface area contributed by atoms with Crippen molar-refractivity contribution in [1.82, 2.24) is 5.32 Å². The quantitative estimate of drug-likeness (QED) is 0.836. The summed E-state index contributed by atoms with van der Waals surface area (Å²) < 4.78 is 0. The Labute approximate surface area is 124 Å². The summed E-state index contributed by atoms with van der Waals surface area (Å²) in [6, 6.07) is 9.80. The van der Waals surface area contributed by atoms with Crippen molar-refractivity contribution < 1.29 is 0 Å². The van der Waals surface area contributed by atoms with Crippen LogP contribution in [-0.4, -0.2) is 19.6 Å². The third kappa shape index (κ3) is 3.99. The summed E-state index contributed by atoms with van der Waals surface area (Å²) in [5.41, 5.74) is 2.74. The van der Waals surface area contributed by atoms with Gasteiger partial charge in [0, 0.05) is 25.3 Å². The second-order valence-electron chi connectivity index (χ2n) is 6.14. The minimum Gasteiger partial charge on any atom is -0.372 e. The molecule has 0 saturated heterocycles. The summed E-state index contributed by atoms with van der Waals surface area (Å²) >= 11 is 0. The number of anilines is 1. The van der Waals surface area contributed by atoms with Crippen LogP contribution in [0.1, 0.15) is 51.5 Å². The van der Waals surface area contributed by atoms with E-state index < -0.39 is 0 Å². The van der Waals surface area contributed by atoms with Gasteiger partial charge in [0.1, 0.15) is 0 Å². The van der Waals surface area contributed by atoms with Gasteiger partial charge in [-0.3, -0.25) is 0 Å². The Balaban J connectivity index is 1.90. The third-order valence-corrected chi connectivity index (χ3v) is 4.86. The van der Waals surface area contributed by atoms with Crippen LogP contribution in [0.5, 0.6) is 0 Å². The topological polar surface area (TPSA) is 15.3 Å². The van der Waals surface area contributed by atoms with Gasteiger partial charge in [0.25, 0.3) is 0 Å². The minimum atomic E-state index is 0.734. The predicted molar refractivity (Wildman–Crippen MR) is 88.3 cm³/mol. The molecule has 2 nitrogen and oxygen atoms in total. The van der Waals surface area contributed by atoms with Gasteiger partial charge in [-0.1, -0.05) is 32.4 Å². The highest BCUT2D eigenvalue weighted by molar-refractivity contribution is 5.47. The molecule has 112 valence electrons. The molecule has 1 fully saturated rings. The molecule has 2 heteroatoms. The lowest BCUT2D eigenvalue weighted by molar-refractivity contribution is 0.313. The smallest absolute Gasteiger partial charge is 0.0366 e. The average Bonchev–Trinajstić information content (AvgIpc) is 2.53. The zero-order chi connectivity index (χ0) is 14.4. The van der Waals surface area contributed by atoms with E-state index in [-0.39, 0.29) is 0 Å². The van der Waals surface area contributed by atoms with E-state index >= 15 is 0 Å². The monoisotopic (exact) mass is 274 g/mol. The molecule has 1 N–H and O–H groups in total. The largest absolute Gasteiger partial charge is 0.372 e. The van der Waals surface area contributed by atoms with Gasteiger partial charge in [0.15, 0.2) is 0 Å². The number of hydrogen-bond acceptors (Lipinski definition) is 2. The first kappa shape index (κ1) is 15.4. The summed E-state index contributed by atoms with van der Waals surface area (Å²) in [6.45, 7) is 6.48. The van der Waals surface area contributed by atoms with Gasteiger partial charge in [0.2, 0.25) is 0 Å². The van der Waals surface area contributed by atoms with E-state index in [1.807, 2.05) is 0 Å². The van der Waals surface area contributed by atoms with Crippen LogP contribution in [0.15, 0.2) is 24.3 Å². The molecule has 0 radical (unpaired) electrons. The normalized spacial score (nSPS) is 22.8. The number of benzene rings is 1. The lowest BCUT2D eigenvalue weighted by atomic mass is 9.84. The Kier molecular flexibility index (Phi) is 5.90. The lowest BCUT2D eigenvalue weighted by Crippen LogP contribution is -2.35. The molecule has 0 aliphatic heterocycles. The Morgan fingerprint density at radius 2 is 1.70 bits per heavy atom. The van der Waals surface area contributed by atoms with Crippen LogP contribution >= 0.6 is 0 Å². The van der Waals surface area contributed by atoms with E-state index in [2.05, 4.69) is 55.4 Å². The molecule has 20 heavy (non-hydrogen) atoms. The van der Waals surface area contributed by atoms with E-state index in [0.29, 0.717) is 0 Å². The van der Waals surface area contributed by atoms with Crippen LogP contribution in [0.4, 0.5) is 5.69 Å². The first-order chi connectivity index (χ1) is 9.74. The molecule has 1 saturated carbocycles. The maximum absolute atomic E-state index is 3.37. The van der Waals surface area contributed by atoms with E-state index in [1.165, 1.54) is 43.4 Å². The first-order valence-electron chi connectivity index (χ1n) is 8.27. The summed E-state index contributed by atoms with van der Waals surface area (Å²) in [5.74, 6) is 0.974. The van der Waals surface area contributed by atoms with Gasteiger partial charge < -0.3 is 10.2 Å². The van der Waals surface area contributed by atoms with Crippen molar-refractivity contribution in [3.05, 3.63) is 29.8 Å². The van der Waals surface area contributed by atoms with Crippen molar-refractivity contribution in [2.45, 2.75) is 58.5 Å². The molecule has 0 spiro atoms. The van der Waals surface area contributed by atoms with Gasteiger partial charge in [-0.05, 0) is 55.8 Å². The summed E-state index contributed by atoms with van der Waals surface area (Å²) in [7, 11) is 2.26. The fourth-order valence-electron chi connectivity index (χ4n) is 3.27. The zero-order valence-electron chi connectivity index (χ0n) is 13.4. The van der Waals surface area contributed by atoms with Crippen LogP contribution in [0.25, 0.3) is 0 Å². The highest BCUT2D eigenvalue weighted by Crippen LogP contribution is 2.31. The molecular weight excluding hydrogens is 244 g/mol. The van der Waals surface area contributed by atoms with Crippen molar-refractivity contribution in [2.75, 3.05) is 18.5 Å². The SMILES string of the molecule is CCNCc1ccc(N(C)C2CCC(CC)CC2)cc1. The number of nitrogens with one attached hydrogen (secondary N) is 1. The number of hydrogen-bond donors (Lipinski definition) is 1. The zero-order valence-corrected chi connectivity index (χ0v) is 13.4. The van der Waals surface area contributed by atoms with Gasteiger partial charge in [-0.2, -0.15) is 0 Å². The van der Waals surface area contributed by atoms with Crippen molar-refractivity contribution in [3.63, 3.8) is 0 Å². The van der Waals surface area contributed by atoms with Gasteiger partial charge >= 0.3 is 0 Å². The average molecular weight is 274 g/mol. The predicted octanol–water partition coefficient (Wildman–Crippen LogP) is 4.20. The summed E-state index contributed by atoms with van der Waals surface area (Å²) in [5, 5.41) is 3.37. The summed E-state index contributed by atoms with van der Waals surface area (Å²) in [4.78, 5) is 2.49. The maximum Gasteiger partial charge on any atom is 0.0366 e. The Morgan fingerprint density at radius 3 is 2.25 bits per heavy atom. The van der Waals surface area contributed by atoms with E-state index in [0.717, 1.165) is 25.0 Å². The van der Waals surface area contributed by atoms with Crippen LogP contribution in [0.2, 0.25) is 0 Å².